The maximum atomic E-state index is 12.3. The summed E-state index contributed by atoms with van der Waals surface area (Å²) < 4.78 is 0. The summed E-state index contributed by atoms with van der Waals surface area (Å²) in [5.74, 6) is -0.392. The summed E-state index contributed by atoms with van der Waals surface area (Å²) in [6.45, 7) is 0.631. The first kappa shape index (κ1) is 19.4. The monoisotopic (exact) mass is 373 g/mol. The van der Waals surface area contributed by atoms with Crippen LogP contribution in [0.4, 0.5) is 5.69 Å². The van der Waals surface area contributed by atoms with Gasteiger partial charge in [-0.15, -0.1) is 0 Å². The second kappa shape index (κ2) is 9.52. The zero-order chi connectivity index (χ0) is 19.8. The fourth-order valence-electron chi connectivity index (χ4n) is 3.17. The Kier molecular flexibility index (Phi) is 6.59. The molecule has 1 aliphatic rings. The lowest BCUT2D eigenvalue weighted by Gasteiger charge is -2.13. The van der Waals surface area contributed by atoms with Crippen LogP contribution in [0.25, 0.3) is 0 Å². The predicted octanol–water partition coefficient (Wildman–Crippen LogP) is 4.43. The number of hydrogen-bond donors (Lipinski definition) is 2. The number of nitrogens with one attached hydrogen (secondary N) is 2. The minimum absolute atomic E-state index is 0.129. The molecule has 1 aliphatic carbocycles. The summed E-state index contributed by atoms with van der Waals surface area (Å²) in [6, 6.07) is 15.3. The van der Waals surface area contributed by atoms with Gasteiger partial charge < -0.3 is 10.6 Å². The summed E-state index contributed by atoms with van der Waals surface area (Å²) in [4.78, 5) is 24.6. The van der Waals surface area contributed by atoms with Gasteiger partial charge in [-0.25, -0.2) is 0 Å². The zero-order valence-electron chi connectivity index (χ0n) is 15.7. The zero-order valence-corrected chi connectivity index (χ0v) is 15.7. The second-order valence-electron chi connectivity index (χ2n) is 6.83. The molecule has 0 aliphatic heterocycles. The van der Waals surface area contributed by atoms with E-state index in [0.717, 1.165) is 19.3 Å². The number of nitriles is 1. The van der Waals surface area contributed by atoms with Gasteiger partial charge in [-0.05, 0) is 80.6 Å². The highest BCUT2D eigenvalue weighted by molar-refractivity contribution is 6.05. The third-order valence-electron chi connectivity index (χ3n) is 4.80. The first-order chi connectivity index (χ1) is 13.7. The molecular formula is C23H23N3O2. The molecule has 5 heteroatoms. The van der Waals surface area contributed by atoms with E-state index in [1.165, 1.54) is 18.4 Å². The average molecular weight is 373 g/mol. The molecule has 0 saturated carbocycles. The maximum Gasteiger partial charge on any atom is 0.255 e. The molecule has 0 bridgehead atoms. The number of rotatable bonds is 6. The van der Waals surface area contributed by atoms with Crippen LogP contribution in [0.3, 0.4) is 0 Å². The number of allylic oxidation sites excluding steroid dienone is 1. The van der Waals surface area contributed by atoms with Crippen molar-refractivity contribution in [3.05, 3.63) is 76.9 Å². The molecule has 0 fully saturated rings. The molecule has 0 atom stereocenters. The second-order valence-corrected chi connectivity index (χ2v) is 6.83. The van der Waals surface area contributed by atoms with E-state index in [0.29, 0.717) is 28.9 Å². The van der Waals surface area contributed by atoms with Crippen molar-refractivity contribution >= 4 is 17.5 Å². The van der Waals surface area contributed by atoms with E-state index in [4.69, 9.17) is 5.26 Å². The van der Waals surface area contributed by atoms with Crippen molar-refractivity contribution in [2.24, 2.45) is 0 Å². The Balaban J connectivity index is 1.51. The van der Waals surface area contributed by atoms with Gasteiger partial charge in [0.15, 0.2) is 0 Å². The van der Waals surface area contributed by atoms with Crippen LogP contribution in [0.15, 0.2) is 60.2 Å². The van der Waals surface area contributed by atoms with Crippen molar-refractivity contribution < 1.29 is 9.59 Å². The summed E-state index contributed by atoms with van der Waals surface area (Å²) in [5.41, 5.74) is 3.58. The minimum atomic E-state index is -0.263. The quantitative estimate of drug-likeness (QED) is 0.735. The Morgan fingerprint density at radius 3 is 2.21 bits per heavy atom. The smallest absolute Gasteiger partial charge is 0.255 e. The molecule has 28 heavy (non-hydrogen) atoms. The van der Waals surface area contributed by atoms with Gasteiger partial charge in [0.25, 0.3) is 11.8 Å². The molecule has 142 valence electrons. The fraction of sp³-hybridized carbons (Fsp3) is 0.261. The summed E-state index contributed by atoms with van der Waals surface area (Å²) in [6.07, 6.45) is 7.98. The van der Waals surface area contributed by atoms with Crippen molar-refractivity contribution in [2.75, 3.05) is 11.9 Å². The van der Waals surface area contributed by atoms with E-state index >= 15 is 0 Å². The molecule has 2 N–H and O–H groups in total. The number of anilines is 1. The number of carbonyl (C=O) groups is 2. The number of benzene rings is 2. The number of hydrogen-bond acceptors (Lipinski definition) is 3. The minimum Gasteiger partial charge on any atom is -0.352 e. The Bertz CT molecular complexity index is 906. The average Bonchev–Trinajstić information content (AvgIpc) is 2.75. The topological polar surface area (TPSA) is 82.0 Å². The lowest BCUT2D eigenvalue weighted by molar-refractivity contribution is 0.0952. The molecule has 0 radical (unpaired) electrons. The van der Waals surface area contributed by atoms with E-state index in [1.54, 1.807) is 48.5 Å². The number of carbonyl (C=O) groups excluding carboxylic acids is 2. The van der Waals surface area contributed by atoms with Crippen molar-refractivity contribution in [1.29, 1.82) is 5.26 Å². The number of amides is 2. The Morgan fingerprint density at radius 1 is 0.929 bits per heavy atom. The van der Waals surface area contributed by atoms with Gasteiger partial charge in [0.05, 0.1) is 11.6 Å². The van der Waals surface area contributed by atoms with E-state index in [-0.39, 0.29) is 11.8 Å². The van der Waals surface area contributed by atoms with Gasteiger partial charge in [0.1, 0.15) is 0 Å². The highest BCUT2D eigenvalue weighted by Crippen LogP contribution is 2.19. The maximum absolute atomic E-state index is 12.3. The predicted molar refractivity (Wildman–Crippen MR) is 109 cm³/mol. The first-order valence-corrected chi connectivity index (χ1v) is 9.53. The fourth-order valence-corrected chi connectivity index (χ4v) is 3.17. The van der Waals surface area contributed by atoms with Crippen molar-refractivity contribution in [3.8, 4) is 6.07 Å². The Labute approximate surface area is 165 Å². The van der Waals surface area contributed by atoms with Crippen LogP contribution in [0, 0.1) is 11.3 Å². The lowest BCUT2D eigenvalue weighted by atomic mass is 9.97. The van der Waals surface area contributed by atoms with Gasteiger partial charge in [-0.3, -0.25) is 9.59 Å². The highest BCUT2D eigenvalue weighted by atomic mass is 16.2. The molecule has 2 aromatic carbocycles. The highest BCUT2D eigenvalue weighted by Gasteiger charge is 2.10. The molecule has 0 aromatic heterocycles. The van der Waals surface area contributed by atoms with E-state index in [1.807, 2.05) is 6.07 Å². The van der Waals surface area contributed by atoms with Gasteiger partial charge >= 0.3 is 0 Å². The normalized spacial score (nSPS) is 13.2. The Morgan fingerprint density at radius 2 is 1.61 bits per heavy atom. The Hall–Kier alpha value is -3.39. The van der Waals surface area contributed by atoms with Gasteiger partial charge in [-0.1, -0.05) is 11.6 Å². The summed E-state index contributed by atoms with van der Waals surface area (Å²) in [5, 5.41) is 14.5. The molecule has 0 spiro atoms. The SMILES string of the molecule is N#Cc1ccc(NC(=O)c2ccc(C(=O)NCCC3=CCCCC3)cc2)cc1. The van der Waals surface area contributed by atoms with E-state index < -0.39 is 0 Å². The van der Waals surface area contributed by atoms with Gasteiger partial charge in [0, 0.05) is 23.4 Å². The molecule has 5 nitrogen and oxygen atoms in total. The van der Waals surface area contributed by atoms with Gasteiger partial charge in [-0.2, -0.15) is 5.26 Å². The lowest BCUT2D eigenvalue weighted by Crippen LogP contribution is -2.25. The molecule has 3 rings (SSSR count). The molecule has 0 heterocycles. The first-order valence-electron chi connectivity index (χ1n) is 9.53. The van der Waals surface area contributed by atoms with E-state index in [2.05, 4.69) is 16.7 Å². The van der Waals surface area contributed by atoms with Crippen molar-refractivity contribution in [1.82, 2.24) is 5.32 Å². The standard InChI is InChI=1S/C23H23N3O2/c24-16-18-6-12-21(13-7-18)26-23(28)20-10-8-19(9-11-20)22(27)25-15-14-17-4-2-1-3-5-17/h4,6-13H,1-3,5,14-15H2,(H,25,27)(H,26,28). The molecule has 2 amide bonds. The van der Waals surface area contributed by atoms with Crippen LogP contribution in [-0.4, -0.2) is 18.4 Å². The van der Waals surface area contributed by atoms with Crippen LogP contribution >= 0.6 is 0 Å². The molecule has 2 aromatic rings. The molecular weight excluding hydrogens is 350 g/mol. The van der Waals surface area contributed by atoms with Crippen LogP contribution in [0.5, 0.6) is 0 Å². The molecule has 0 saturated heterocycles. The summed E-state index contributed by atoms with van der Waals surface area (Å²) >= 11 is 0. The third kappa shape index (κ3) is 5.31. The molecule has 0 unspecified atom stereocenters. The van der Waals surface area contributed by atoms with Crippen molar-refractivity contribution in [3.63, 3.8) is 0 Å². The van der Waals surface area contributed by atoms with Crippen LogP contribution < -0.4 is 10.6 Å². The third-order valence-corrected chi connectivity index (χ3v) is 4.80. The van der Waals surface area contributed by atoms with Crippen LogP contribution in [0.2, 0.25) is 0 Å². The van der Waals surface area contributed by atoms with Crippen LogP contribution in [0.1, 0.15) is 58.4 Å². The summed E-state index contributed by atoms with van der Waals surface area (Å²) in [7, 11) is 0. The van der Waals surface area contributed by atoms with Crippen LogP contribution in [-0.2, 0) is 0 Å². The van der Waals surface area contributed by atoms with Gasteiger partial charge in [0.2, 0.25) is 0 Å². The number of nitrogens with zero attached hydrogens (tertiary/aromatic N) is 1. The largest absolute Gasteiger partial charge is 0.352 e. The van der Waals surface area contributed by atoms with Crippen molar-refractivity contribution in [2.45, 2.75) is 32.1 Å². The van der Waals surface area contributed by atoms with E-state index in [9.17, 15) is 9.59 Å².